The maximum atomic E-state index is 12.0. The average Bonchev–Trinajstić information content (AvgIpc) is 2.36. The number of aryl methyl sites for hydroxylation is 1. The molecule has 0 aliphatic carbocycles. The fourth-order valence-electron chi connectivity index (χ4n) is 2.15. The summed E-state index contributed by atoms with van der Waals surface area (Å²) in [7, 11) is 0. The van der Waals surface area contributed by atoms with Crippen molar-refractivity contribution < 1.29 is 9.59 Å². The zero-order valence-electron chi connectivity index (χ0n) is 10.2. The van der Waals surface area contributed by atoms with Crippen molar-refractivity contribution in [1.29, 1.82) is 0 Å². The molecule has 5 heteroatoms. The second-order valence-electron chi connectivity index (χ2n) is 4.40. The molecule has 2 amide bonds. The van der Waals surface area contributed by atoms with Crippen LogP contribution in [0.1, 0.15) is 24.8 Å². The Balaban J connectivity index is 2.30. The van der Waals surface area contributed by atoms with E-state index in [1.165, 1.54) is 4.90 Å². The van der Waals surface area contributed by atoms with Gasteiger partial charge < -0.3 is 11.5 Å². The second-order valence-corrected chi connectivity index (χ2v) is 4.40. The van der Waals surface area contributed by atoms with Gasteiger partial charge in [-0.2, -0.15) is 0 Å². The fraction of sp³-hybridized carbons (Fsp3) is 0.385. The Morgan fingerprint density at radius 3 is 2.83 bits per heavy atom. The van der Waals surface area contributed by atoms with E-state index < -0.39 is 0 Å². The maximum Gasteiger partial charge on any atom is 0.234 e. The monoisotopic (exact) mass is 247 g/mol. The lowest BCUT2D eigenvalue weighted by Gasteiger charge is -2.28. The van der Waals surface area contributed by atoms with Gasteiger partial charge in [-0.3, -0.25) is 14.5 Å². The maximum absolute atomic E-state index is 12.0. The van der Waals surface area contributed by atoms with E-state index in [4.69, 9.17) is 11.5 Å². The SMILES string of the molecule is NCCCC(=O)N1C(=O)CCc2cc(N)ccc21. The van der Waals surface area contributed by atoms with Crippen molar-refractivity contribution in [3.05, 3.63) is 23.8 Å². The van der Waals surface area contributed by atoms with Crippen molar-refractivity contribution in [3.8, 4) is 0 Å². The summed E-state index contributed by atoms with van der Waals surface area (Å²) in [5, 5.41) is 0. The van der Waals surface area contributed by atoms with Crippen LogP contribution in [0.3, 0.4) is 0 Å². The number of nitrogens with two attached hydrogens (primary N) is 2. The van der Waals surface area contributed by atoms with Crippen LogP contribution >= 0.6 is 0 Å². The third-order valence-corrected chi connectivity index (χ3v) is 3.05. The highest BCUT2D eigenvalue weighted by atomic mass is 16.2. The molecule has 0 fully saturated rings. The van der Waals surface area contributed by atoms with Gasteiger partial charge in [-0.15, -0.1) is 0 Å². The van der Waals surface area contributed by atoms with E-state index in [2.05, 4.69) is 0 Å². The molecule has 1 aromatic carbocycles. The number of amides is 2. The van der Waals surface area contributed by atoms with Gasteiger partial charge in [0, 0.05) is 18.5 Å². The van der Waals surface area contributed by atoms with Crippen LogP contribution in [0, 0.1) is 0 Å². The Labute approximate surface area is 106 Å². The van der Waals surface area contributed by atoms with E-state index in [0.29, 0.717) is 43.6 Å². The third-order valence-electron chi connectivity index (χ3n) is 3.05. The molecule has 0 saturated heterocycles. The average molecular weight is 247 g/mol. The molecule has 0 saturated carbocycles. The van der Waals surface area contributed by atoms with E-state index >= 15 is 0 Å². The summed E-state index contributed by atoms with van der Waals surface area (Å²) in [6.45, 7) is 0.447. The molecule has 5 nitrogen and oxygen atoms in total. The van der Waals surface area contributed by atoms with Crippen LogP contribution in [-0.4, -0.2) is 18.4 Å². The van der Waals surface area contributed by atoms with Gasteiger partial charge in [0.15, 0.2) is 0 Å². The molecule has 4 N–H and O–H groups in total. The van der Waals surface area contributed by atoms with Gasteiger partial charge in [-0.25, -0.2) is 0 Å². The van der Waals surface area contributed by atoms with Gasteiger partial charge in [-0.1, -0.05) is 0 Å². The number of hydrogen-bond acceptors (Lipinski definition) is 4. The molecule has 18 heavy (non-hydrogen) atoms. The quantitative estimate of drug-likeness (QED) is 0.773. The first-order chi connectivity index (χ1) is 8.63. The van der Waals surface area contributed by atoms with Crippen molar-refractivity contribution in [2.75, 3.05) is 17.2 Å². The van der Waals surface area contributed by atoms with Gasteiger partial charge in [0.05, 0.1) is 5.69 Å². The molecule has 1 aliphatic heterocycles. The first-order valence-electron chi connectivity index (χ1n) is 6.07. The lowest BCUT2D eigenvalue weighted by atomic mass is 10.00. The predicted octanol–water partition coefficient (Wildman–Crippen LogP) is 0.814. The van der Waals surface area contributed by atoms with Crippen LogP contribution < -0.4 is 16.4 Å². The fourth-order valence-corrected chi connectivity index (χ4v) is 2.15. The number of carbonyl (C=O) groups is 2. The van der Waals surface area contributed by atoms with Crippen LogP contribution in [-0.2, 0) is 16.0 Å². The number of benzene rings is 1. The summed E-state index contributed by atoms with van der Waals surface area (Å²) in [6, 6.07) is 5.27. The van der Waals surface area contributed by atoms with Crippen LogP contribution in [0.2, 0.25) is 0 Å². The molecule has 1 heterocycles. The van der Waals surface area contributed by atoms with Crippen LogP contribution in [0.5, 0.6) is 0 Å². The van der Waals surface area contributed by atoms with Crippen LogP contribution in [0.4, 0.5) is 11.4 Å². The zero-order chi connectivity index (χ0) is 13.1. The van der Waals surface area contributed by atoms with Crippen LogP contribution in [0.15, 0.2) is 18.2 Å². The summed E-state index contributed by atoms with van der Waals surface area (Å²) < 4.78 is 0. The number of hydrogen-bond donors (Lipinski definition) is 2. The first kappa shape index (κ1) is 12.6. The molecule has 0 unspecified atom stereocenters. The molecule has 96 valence electrons. The molecule has 0 radical (unpaired) electrons. The molecule has 1 aromatic rings. The van der Waals surface area contributed by atoms with Crippen molar-refractivity contribution in [3.63, 3.8) is 0 Å². The second kappa shape index (κ2) is 5.18. The summed E-state index contributed by atoms with van der Waals surface area (Å²) in [5.74, 6) is -0.328. The largest absolute Gasteiger partial charge is 0.399 e. The van der Waals surface area contributed by atoms with Crippen molar-refractivity contribution >= 4 is 23.2 Å². The summed E-state index contributed by atoms with van der Waals surface area (Å²) in [4.78, 5) is 25.2. The minimum absolute atomic E-state index is 0.144. The summed E-state index contributed by atoms with van der Waals surface area (Å²) in [5.41, 5.74) is 13.4. The number of fused-ring (bicyclic) bond motifs is 1. The Bertz CT molecular complexity index is 485. The van der Waals surface area contributed by atoms with E-state index in [0.717, 1.165) is 5.56 Å². The smallest absolute Gasteiger partial charge is 0.234 e. The first-order valence-corrected chi connectivity index (χ1v) is 6.07. The van der Waals surface area contributed by atoms with Gasteiger partial charge in [0.2, 0.25) is 11.8 Å². The van der Waals surface area contributed by atoms with Gasteiger partial charge in [0.1, 0.15) is 0 Å². The third kappa shape index (κ3) is 2.36. The number of rotatable bonds is 3. The molecular formula is C13H17N3O2. The van der Waals surface area contributed by atoms with Gasteiger partial charge in [-0.05, 0) is 43.1 Å². The predicted molar refractivity (Wildman–Crippen MR) is 70.0 cm³/mol. The van der Waals surface area contributed by atoms with Crippen LogP contribution in [0.25, 0.3) is 0 Å². The van der Waals surface area contributed by atoms with Gasteiger partial charge >= 0.3 is 0 Å². The number of nitrogen functional groups attached to an aromatic ring is 1. The van der Waals surface area contributed by atoms with E-state index in [1.54, 1.807) is 12.1 Å². The Morgan fingerprint density at radius 1 is 1.33 bits per heavy atom. The molecule has 0 spiro atoms. The molecule has 0 aromatic heterocycles. The van der Waals surface area contributed by atoms with E-state index in [1.807, 2.05) is 6.07 Å². The van der Waals surface area contributed by atoms with Crippen molar-refractivity contribution in [1.82, 2.24) is 0 Å². The number of imide groups is 1. The number of nitrogens with zero attached hydrogens (tertiary/aromatic N) is 1. The molecule has 0 atom stereocenters. The van der Waals surface area contributed by atoms with Gasteiger partial charge in [0.25, 0.3) is 0 Å². The summed E-state index contributed by atoms with van der Waals surface area (Å²) >= 11 is 0. The molecule has 0 bridgehead atoms. The van der Waals surface area contributed by atoms with Crippen molar-refractivity contribution in [2.24, 2.45) is 5.73 Å². The number of anilines is 2. The minimum atomic E-state index is -0.184. The van der Waals surface area contributed by atoms with Crippen molar-refractivity contribution in [2.45, 2.75) is 25.7 Å². The van der Waals surface area contributed by atoms with E-state index in [9.17, 15) is 9.59 Å². The molecule has 1 aliphatic rings. The highest BCUT2D eigenvalue weighted by Gasteiger charge is 2.28. The zero-order valence-corrected chi connectivity index (χ0v) is 10.2. The molecular weight excluding hydrogens is 230 g/mol. The lowest BCUT2D eigenvalue weighted by molar-refractivity contribution is -0.126. The number of carbonyl (C=O) groups excluding carboxylic acids is 2. The standard InChI is InChI=1S/C13H17N3O2/c14-7-1-2-12(17)16-11-5-4-10(15)8-9(11)3-6-13(16)18/h4-5,8H,1-3,6-7,14-15H2. The Hall–Kier alpha value is -1.88. The normalized spacial score (nSPS) is 14.5. The highest BCUT2D eigenvalue weighted by molar-refractivity contribution is 6.16. The lowest BCUT2D eigenvalue weighted by Crippen LogP contribution is -2.40. The highest BCUT2D eigenvalue weighted by Crippen LogP contribution is 2.30. The Morgan fingerprint density at radius 2 is 2.11 bits per heavy atom. The Kier molecular flexibility index (Phi) is 3.62. The molecule has 2 rings (SSSR count). The summed E-state index contributed by atoms with van der Waals surface area (Å²) in [6.07, 6.45) is 1.88. The van der Waals surface area contributed by atoms with E-state index in [-0.39, 0.29) is 11.8 Å². The topological polar surface area (TPSA) is 89.4 Å². The minimum Gasteiger partial charge on any atom is -0.399 e.